The molecule has 2 N–H and O–H groups in total. The van der Waals surface area contributed by atoms with E-state index in [9.17, 15) is 10.0 Å². The molecule has 0 unspecified atom stereocenters. The average molecular weight is 206 g/mol. The summed E-state index contributed by atoms with van der Waals surface area (Å²) in [6, 6.07) is 5.85. The van der Waals surface area contributed by atoms with Crippen LogP contribution < -0.4 is 5.46 Å². The summed E-state index contributed by atoms with van der Waals surface area (Å²) in [5.74, 6) is 0.771. The normalized spacial score (nSPS) is 11.2. The molecule has 0 bridgehead atoms. The van der Waals surface area contributed by atoms with E-state index in [-0.39, 0.29) is 0 Å². The molecule has 0 aromatic heterocycles. The van der Waals surface area contributed by atoms with E-state index in [2.05, 4.69) is 33.8 Å². The zero-order valence-corrected chi connectivity index (χ0v) is 9.86. The van der Waals surface area contributed by atoms with Gasteiger partial charge in [0.15, 0.2) is 0 Å². The van der Waals surface area contributed by atoms with Gasteiger partial charge in [0, 0.05) is 0 Å². The van der Waals surface area contributed by atoms with Gasteiger partial charge in [0.25, 0.3) is 0 Å². The van der Waals surface area contributed by atoms with Crippen LogP contribution in [0.5, 0.6) is 0 Å². The molecule has 0 heterocycles. The molecule has 82 valence electrons. The number of hydrogen-bond acceptors (Lipinski definition) is 2. The number of rotatable bonds is 3. The highest BCUT2D eigenvalue weighted by molar-refractivity contribution is 6.59. The Labute approximate surface area is 92.1 Å². The first-order valence-electron chi connectivity index (χ1n) is 5.43. The van der Waals surface area contributed by atoms with Gasteiger partial charge in [0.1, 0.15) is 0 Å². The van der Waals surface area contributed by atoms with E-state index in [1.54, 1.807) is 0 Å². The van der Waals surface area contributed by atoms with E-state index in [4.69, 9.17) is 0 Å². The zero-order chi connectivity index (χ0) is 11.6. The van der Waals surface area contributed by atoms with Gasteiger partial charge in [-0.1, -0.05) is 45.9 Å². The third kappa shape index (κ3) is 2.83. The van der Waals surface area contributed by atoms with Crippen LogP contribution in [0.25, 0.3) is 0 Å². The third-order valence-corrected chi connectivity index (χ3v) is 2.68. The van der Waals surface area contributed by atoms with E-state index in [0.717, 1.165) is 5.56 Å². The Balaban J connectivity index is 3.21. The van der Waals surface area contributed by atoms with Crippen LogP contribution in [0.2, 0.25) is 0 Å². The maximum Gasteiger partial charge on any atom is 0.488 e. The van der Waals surface area contributed by atoms with Gasteiger partial charge in [-0.2, -0.15) is 0 Å². The highest BCUT2D eigenvalue weighted by Gasteiger charge is 2.18. The maximum atomic E-state index is 9.24. The highest BCUT2D eigenvalue weighted by atomic mass is 16.4. The lowest BCUT2D eigenvalue weighted by Crippen LogP contribution is -2.33. The zero-order valence-electron chi connectivity index (χ0n) is 9.86. The minimum absolute atomic E-state index is 0.306. The van der Waals surface area contributed by atoms with Gasteiger partial charge in [0.05, 0.1) is 0 Å². The van der Waals surface area contributed by atoms with E-state index in [1.165, 1.54) is 5.56 Å². The predicted molar refractivity (Wildman–Crippen MR) is 64.4 cm³/mol. The minimum atomic E-state index is -1.37. The summed E-state index contributed by atoms with van der Waals surface area (Å²) in [6.45, 7) is 8.39. The smallest absolute Gasteiger partial charge is 0.423 e. The molecule has 0 saturated heterocycles. The Morgan fingerprint density at radius 3 is 2.00 bits per heavy atom. The molecular weight excluding hydrogens is 187 g/mol. The first-order valence-corrected chi connectivity index (χ1v) is 5.43. The van der Waals surface area contributed by atoms with Crippen molar-refractivity contribution in [2.75, 3.05) is 0 Å². The topological polar surface area (TPSA) is 40.5 Å². The molecule has 0 aliphatic carbocycles. The summed E-state index contributed by atoms with van der Waals surface area (Å²) in [4.78, 5) is 0. The lowest BCUT2D eigenvalue weighted by Gasteiger charge is -2.15. The van der Waals surface area contributed by atoms with Crippen molar-refractivity contribution < 1.29 is 10.0 Å². The molecule has 1 aromatic carbocycles. The van der Waals surface area contributed by atoms with Gasteiger partial charge in [-0.15, -0.1) is 0 Å². The fourth-order valence-corrected chi connectivity index (χ4v) is 1.69. The second kappa shape index (κ2) is 4.82. The van der Waals surface area contributed by atoms with Gasteiger partial charge >= 0.3 is 7.12 Å². The molecule has 3 heteroatoms. The first kappa shape index (κ1) is 12.3. The van der Waals surface area contributed by atoms with Crippen LogP contribution in [-0.4, -0.2) is 17.2 Å². The molecule has 15 heavy (non-hydrogen) atoms. The van der Waals surface area contributed by atoms with Crippen molar-refractivity contribution in [2.24, 2.45) is 0 Å². The van der Waals surface area contributed by atoms with Crippen molar-refractivity contribution in [3.63, 3.8) is 0 Å². The van der Waals surface area contributed by atoms with Crippen molar-refractivity contribution >= 4 is 12.6 Å². The van der Waals surface area contributed by atoms with Gasteiger partial charge in [-0.3, -0.25) is 0 Å². The highest BCUT2D eigenvalue weighted by Crippen LogP contribution is 2.19. The van der Waals surface area contributed by atoms with Crippen LogP contribution in [0.3, 0.4) is 0 Å². The Morgan fingerprint density at radius 2 is 1.60 bits per heavy atom. The Hall–Kier alpha value is -0.795. The fourth-order valence-electron chi connectivity index (χ4n) is 1.69. The Bertz CT molecular complexity index is 332. The Morgan fingerprint density at radius 1 is 1.00 bits per heavy atom. The van der Waals surface area contributed by atoms with Gasteiger partial charge in [0.2, 0.25) is 0 Å². The van der Waals surface area contributed by atoms with Crippen LogP contribution in [0.15, 0.2) is 18.2 Å². The third-order valence-electron chi connectivity index (χ3n) is 2.68. The quantitative estimate of drug-likeness (QED) is 0.737. The molecule has 0 fully saturated rings. The summed E-state index contributed by atoms with van der Waals surface area (Å²) in [5, 5.41) is 18.5. The summed E-state index contributed by atoms with van der Waals surface area (Å²) in [7, 11) is -1.37. The van der Waals surface area contributed by atoms with Crippen molar-refractivity contribution in [3.8, 4) is 0 Å². The molecule has 0 radical (unpaired) electrons. The molecule has 0 saturated carbocycles. The van der Waals surface area contributed by atoms with Crippen molar-refractivity contribution in [1.82, 2.24) is 0 Å². The monoisotopic (exact) mass is 206 g/mol. The van der Waals surface area contributed by atoms with Crippen LogP contribution in [0.1, 0.15) is 50.7 Å². The maximum absolute atomic E-state index is 9.24. The van der Waals surface area contributed by atoms with Crippen LogP contribution in [0, 0.1) is 0 Å². The lowest BCUT2D eigenvalue weighted by molar-refractivity contribution is 0.425. The summed E-state index contributed by atoms with van der Waals surface area (Å²) in [6.07, 6.45) is 0. The van der Waals surface area contributed by atoms with Crippen molar-refractivity contribution in [3.05, 3.63) is 29.3 Å². The lowest BCUT2D eigenvalue weighted by atomic mass is 9.73. The van der Waals surface area contributed by atoms with E-state index >= 15 is 0 Å². The number of hydrogen-bond donors (Lipinski definition) is 2. The molecule has 0 aliphatic rings. The molecule has 0 atom stereocenters. The average Bonchev–Trinajstić information content (AvgIpc) is 2.16. The largest absolute Gasteiger partial charge is 0.488 e. The molecule has 0 aliphatic heterocycles. The van der Waals surface area contributed by atoms with Gasteiger partial charge < -0.3 is 10.0 Å². The minimum Gasteiger partial charge on any atom is -0.423 e. The van der Waals surface area contributed by atoms with Gasteiger partial charge in [-0.05, 0) is 28.4 Å². The molecule has 0 amide bonds. The predicted octanol–water partition coefficient (Wildman–Crippen LogP) is 1.61. The molecule has 0 spiro atoms. The van der Waals surface area contributed by atoms with E-state index in [0.29, 0.717) is 17.3 Å². The van der Waals surface area contributed by atoms with Gasteiger partial charge in [-0.25, -0.2) is 0 Å². The van der Waals surface area contributed by atoms with E-state index in [1.807, 2.05) is 12.1 Å². The van der Waals surface area contributed by atoms with E-state index < -0.39 is 7.12 Å². The summed E-state index contributed by atoms with van der Waals surface area (Å²) < 4.78 is 0. The Kier molecular flexibility index (Phi) is 3.94. The SMILES string of the molecule is CC(C)c1ccc(B(O)O)c(C(C)C)c1. The standard InChI is InChI=1S/C12H19BO2/c1-8(2)10-5-6-12(13(14)15)11(7-10)9(3)4/h5-9,14-15H,1-4H3. The van der Waals surface area contributed by atoms with Crippen LogP contribution >= 0.6 is 0 Å². The number of benzene rings is 1. The first-order chi connectivity index (χ1) is 6.93. The molecular formula is C12H19BO2. The van der Waals surface area contributed by atoms with Crippen molar-refractivity contribution in [2.45, 2.75) is 39.5 Å². The van der Waals surface area contributed by atoms with Crippen molar-refractivity contribution in [1.29, 1.82) is 0 Å². The summed E-state index contributed by atoms with van der Waals surface area (Å²) in [5.41, 5.74) is 2.88. The molecule has 2 nitrogen and oxygen atoms in total. The van der Waals surface area contributed by atoms with Crippen LogP contribution in [0.4, 0.5) is 0 Å². The second-order valence-corrected chi connectivity index (χ2v) is 4.57. The molecule has 1 rings (SSSR count). The second-order valence-electron chi connectivity index (χ2n) is 4.57. The molecule has 1 aromatic rings. The summed E-state index contributed by atoms with van der Waals surface area (Å²) >= 11 is 0. The fraction of sp³-hybridized carbons (Fsp3) is 0.500. The van der Waals surface area contributed by atoms with Crippen LogP contribution in [-0.2, 0) is 0 Å².